The zero-order chi connectivity index (χ0) is 22.0. The van der Waals surface area contributed by atoms with Crippen LogP contribution >= 0.6 is 0 Å². The van der Waals surface area contributed by atoms with Crippen molar-refractivity contribution in [3.63, 3.8) is 0 Å². The van der Waals surface area contributed by atoms with Gasteiger partial charge in [-0.2, -0.15) is 0 Å². The molecule has 0 radical (unpaired) electrons. The van der Waals surface area contributed by atoms with E-state index < -0.39 is 23.4 Å². The Labute approximate surface area is 178 Å². The highest BCUT2D eigenvalue weighted by atomic mass is 16.6. The van der Waals surface area contributed by atoms with Crippen LogP contribution in [0.25, 0.3) is 0 Å². The second-order valence-corrected chi connectivity index (χ2v) is 7.08. The molecule has 2 aromatic rings. The minimum atomic E-state index is -1.56. The lowest BCUT2D eigenvalue weighted by Gasteiger charge is -2.33. The first-order chi connectivity index (χ1) is 14.5. The van der Waals surface area contributed by atoms with Crippen LogP contribution in [0.5, 0.6) is 5.75 Å². The molecule has 0 fully saturated rings. The molecule has 2 aromatic carbocycles. The maximum atomic E-state index is 12.8. The minimum absolute atomic E-state index is 0.158. The van der Waals surface area contributed by atoms with Crippen LogP contribution in [0.4, 0.5) is 0 Å². The van der Waals surface area contributed by atoms with Gasteiger partial charge < -0.3 is 19.9 Å². The molecule has 0 spiro atoms. The summed E-state index contributed by atoms with van der Waals surface area (Å²) in [4.78, 5) is 25.6. The lowest BCUT2D eigenvalue weighted by atomic mass is 9.74. The van der Waals surface area contributed by atoms with Crippen LogP contribution in [0.1, 0.15) is 37.8 Å². The smallest absolute Gasteiger partial charge is 0.325 e. The number of para-hydroxylation sites is 1. The van der Waals surface area contributed by atoms with Gasteiger partial charge in [-0.05, 0) is 43.4 Å². The number of benzene rings is 2. The summed E-state index contributed by atoms with van der Waals surface area (Å²) < 4.78 is 16.2. The fourth-order valence-corrected chi connectivity index (χ4v) is 3.48. The highest BCUT2D eigenvalue weighted by Crippen LogP contribution is 2.34. The van der Waals surface area contributed by atoms with Crippen molar-refractivity contribution in [1.82, 2.24) is 0 Å². The van der Waals surface area contributed by atoms with E-state index in [1.54, 1.807) is 6.92 Å². The number of carbonyl (C=O) groups excluding carboxylic acids is 2. The van der Waals surface area contributed by atoms with E-state index in [4.69, 9.17) is 19.9 Å². The van der Waals surface area contributed by atoms with Crippen molar-refractivity contribution in [1.29, 1.82) is 0 Å². The predicted molar refractivity (Wildman–Crippen MR) is 115 cm³/mol. The Hall–Kier alpha value is -2.86. The van der Waals surface area contributed by atoms with Gasteiger partial charge in [-0.15, -0.1) is 0 Å². The minimum Gasteiger partial charge on any atom is -0.489 e. The van der Waals surface area contributed by atoms with E-state index in [9.17, 15) is 9.59 Å². The summed E-state index contributed by atoms with van der Waals surface area (Å²) in [5.41, 5.74) is 6.64. The van der Waals surface area contributed by atoms with Gasteiger partial charge in [0, 0.05) is 6.04 Å². The molecule has 0 bridgehead atoms. The Balaban J connectivity index is 2.26. The van der Waals surface area contributed by atoms with E-state index in [0.29, 0.717) is 25.2 Å². The van der Waals surface area contributed by atoms with E-state index in [1.807, 2.05) is 61.5 Å². The van der Waals surface area contributed by atoms with Crippen molar-refractivity contribution in [2.24, 2.45) is 11.1 Å². The summed E-state index contributed by atoms with van der Waals surface area (Å²) in [6, 6.07) is 16.7. The highest BCUT2D eigenvalue weighted by Gasteiger charge is 2.52. The summed E-state index contributed by atoms with van der Waals surface area (Å²) in [6.07, 6.45) is 1.01. The second kappa shape index (κ2) is 11.4. The quantitative estimate of drug-likeness (QED) is 0.447. The van der Waals surface area contributed by atoms with Crippen molar-refractivity contribution in [3.05, 3.63) is 65.7 Å². The summed E-state index contributed by atoms with van der Waals surface area (Å²) in [5, 5.41) is 0. The lowest BCUT2D eigenvalue weighted by molar-refractivity contribution is -0.173. The molecule has 2 rings (SSSR count). The summed E-state index contributed by atoms with van der Waals surface area (Å²) in [5.74, 6) is -0.610. The molecule has 0 aliphatic heterocycles. The number of carbonyl (C=O) groups is 2. The van der Waals surface area contributed by atoms with Crippen LogP contribution < -0.4 is 10.5 Å². The fraction of sp³-hybridized carbons (Fsp3) is 0.417. The van der Waals surface area contributed by atoms with Gasteiger partial charge >= 0.3 is 11.9 Å². The normalized spacial score (nSPS) is 13.7. The Morgan fingerprint density at radius 1 is 1.00 bits per heavy atom. The van der Waals surface area contributed by atoms with E-state index in [-0.39, 0.29) is 13.0 Å². The third-order valence-corrected chi connectivity index (χ3v) is 5.26. The van der Waals surface area contributed by atoms with Crippen molar-refractivity contribution in [3.8, 4) is 5.75 Å². The molecule has 6 heteroatoms. The van der Waals surface area contributed by atoms with Crippen molar-refractivity contribution in [2.45, 2.75) is 45.8 Å². The van der Waals surface area contributed by atoms with Gasteiger partial charge in [0.25, 0.3) is 0 Å². The molecule has 2 N–H and O–H groups in total. The zero-order valence-electron chi connectivity index (χ0n) is 17.9. The van der Waals surface area contributed by atoms with Crippen molar-refractivity contribution in [2.75, 3.05) is 13.7 Å². The van der Waals surface area contributed by atoms with Gasteiger partial charge in [-0.1, -0.05) is 55.5 Å². The highest BCUT2D eigenvalue weighted by molar-refractivity contribution is 6.01. The van der Waals surface area contributed by atoms with Crippen LogP contribution in [-0.2, 0) is 32.1 Å². The summed E-state index contributed by atoms with van der Waals surface area (Å²) in [6.45, 7) is 4.11. The topological polar surface area (TPSA) is 87.8 Å². The first kappa shape index (κ1) is 23.4. The monoisotopic (exact) mass is 413 g/mol. The Morgan fingerprint density at radius 2 is 1.67 bits per heavy atom. The molecule has 0 heterocycles. The number of methoxy groups -OCH3 is 1. The van der Waals surface area contributed by atoms with Gasteiger partial charge in [-0.3, -0.25) is 9.59 Å². The molecule has 2 atom stereocenters. The molecule has 6 nitrogen and oxygen atoms in total. The Morgan fingerprint density at radius 3 is 2.30 bits per heavy atom. The van der Waals surface area contributed by atoms with Crippen LogP contribution in [0.3, 0.4) is 0 Å². The van der Waals surface area contributed by atoms with Crippen LogP contribution in [0.15, 0.2) is 54.6 Å². The van der Waals surface area contributed by atoms with E-state index in [2.05, 4.69) is 0 Å². The van der Waals surface area contributed by atoms with E-state index >= 15 is 0 Å². The number of aryl methyl sites for hydroxylation is 1. The molecule has 2 unspecified atom stereocenters. The fourth-order valence-electron chi connectivity index (χ4n) is 3.48. The van der Waals surface area contributed by atoms with Gasteiger partial charge in [-0.25, -0.2) is 0 Å². The maximum absolute atomic E-state index is 12.8. The average molecular weight is 414 g/mol. The molecule has 0 saturated carbocycles. The molecule has 162 valence electrons. The molecule has 0 aliphatic carbocycles. The van der Waals surface area contributed by atoms with Gasteiger partial charge in [0.1, 0.15) is 12.4 Å². The SMILES string of the molecule is CCOC(=O)C(CCc1ccccc1OCc1ccccc1)(C(=O)OC)C(N)CC. The number of hydrogen-bond donors (Lipinski definition) is 1. The number of hydrogen-bond acceptors (Lipinski definition) is 6. The first-order valence-electron chi connectivity index (χ1n) is 10.2. The molecule has 0 aliphatic rings. The third-order valence-electron chi connectivity index (χ3n) is 5.26. The van der Waals surface area contributed by atoms with Gasteiger partial charge in [0.05, 0.1) is 13.7 Å². The van der Waals surface area contributed by atoms with Gasteiger partial charge in [0.2, 0.25) is 0 Å². The molecular weight excluding hydrogens is 382 g/mol. The van der Waals surface area contributed by atoms with Crippen LogP contribution in [-0.4, -0.2) is 31.7 Å². The number of esters is 2. The Kier molecular flexibility index (Phi) is 8.87. The standard InChI is InChI=1S/C24H31NO5/c1-4-21(25)24(22(26)28-3,23(27)29-5-2)16-15-19-13-9-10-14-20(19)30-17-18-11-7-6-8-12-18/h6-14,21H,4-5,15-17,25H2,1-3H3. The summed E-state index contributed by atoms with van der Waals surface area (Å²) in [7, 11) is 1.26. The van der Waals surface area contributed by atoms with Crippen molar-refractivity contribution < 1.29 is 23.8 Å². The average Bonchev–Trinajstić information content (AvgIpc) is 2.79. The molecule has 0 amide bonds. The summed E-state index contributed by atoms with van der Waals surface area (Å²) >= 11 is 0. The van der Waals surface area contributed by atoms with E-state index in [0.717, 1.165) is 11.1 Å². The second-order valence-electron chi connectivity index (χ2n) is 7.08. The van der Waals surface area contributed by atoms with Crippen molar-refractivity contribution >= 4 is 11.9 Å². The Bertz CT molecular complexity index is 823. The number of nitrogens with two attached hydrogens (primary N) is 1. The first-order valence-corrected chi connectivity index (χ1v) is 10.2. The zero-order valence-corrected chi connectivity index (χ0v) is 17.9. The molecule has 0 saturated heterocycles. The predicted octanol–water partition coefficient (Wildman–Crippen LogP) is 3.66. The lowest BCUT2D eigenvalue weighted by Crippen LogP contribution is -2.54. The van der Waals surface area contributed by atoms with Crippen LogP contribution in [0.2, 0.25) is 0 Å². The van der Waals surface area contributed by atoms with Crippen LogP contribution in [0, 0.1) is 5.41 Å². The number of rotatable bonds is 11. The molecular formula is C24H31NO5. The molecule has 0 aromatic heterocycles. The third kappa shape index (κ3) is 5.39. The van der Waals surface area contributed by atoms with E-state index in [1.165, 1.54) is 7.11 Å². The van der Waals surface area contributed by atoms with Gasteiger partial charge in [0.15, 0.2) is 5.41 Å². The number of ether oxygens (including phenoxy) is 3. The molecule has 30 heavy (non-hydrogen) atoms. The largest absolute Gasteiger partial charge is 0.489 e. The maximum Gasteiger partial charge on any atom is 0.325 e.